The fraction of sp³-hybridized carbons (Fsp3) is 0.125. The minimum Gasteiger partial charge on any atom is -0.396 e. The Bertz CT molecular complexity index is 1170. The van der Waals surface area contributed by atoms with Crippen molar-refractivity contribution in [2.24, 2.45) is 10.2 Å². The summed E-state index contributed by atoms with van der Waals surface area (Å²) in [6, 6.07) is 20.2. The number of hydrogen-bond donors (Lipinski definition) is 1. The summed E-state index contributed by atoms with van der Waals surface area (Å²) in [4.78, 5) is 4.59. The second kappa shape index (κ2) is 7.24. The molecule has 0 unspecified atom stereocenters. The molecule has 3 aromatic carbocycles. The van der Waals surface area contributed by atoms with Gasteiger partial charge < -0.3 is 5.73 Å². The standard InChI is InChI=1S/C24H22N4/c1-15-7-6-8-16(2)23(15)21-12-11-18(14-26-21)27-28-22-13-17(3)19-9-4-5-10-20(19)24(22)25/h4-14H,25H2,1-3H3. The smallest absolute Gasteiger partial charge is 0.109 e. The third kappa shape index (κ3) is 3.25. The molecule has 4 heteroatoms. The van der Waals surface area contributed by atoms with Crippen molar-refractivity contribution >= 4 is 27.8 Å². The molecule has 1 aromatic heterocycles. The summed E-state index contributed by atoms with van der Waals surface area (Å²) in [5.41, 5.74) is 14.0. The molecule has 4 nitrogen and oxygen atoms in total. The molecule has 0 saturated carbocycles. The lowest BCUT2D eigenvalue weighted by Crippen LogP contribution is -1.90. The van der Waals surface area contributed by atoms with E-state index in [2.05, 4.69) is 60.2 Å². The predicted octanol–water partition coefficient (Wildman–Crippen LogP) is 6.82. The van der Waals surface area contributed by atoms with Crippen LogP contribution in [0.3, 0.4) is 0 Å². The summed E-state index contributed by atoms with van der Waals surface area (Å²) in [6.07, 6.45) is 1.74. The Balaban J connectivity index is 1.66. The fourth-order valence-electron chi connectivity index (χ4n) is 3.57. The van der Waals surface area contributed by atoms with Gasteiger partial charge in [0.05, 0.1) is 17.6 Å². The van der Waals surface area contributed by atoms with Gasteiger partial charge in [-0.25, -0.2) is 0 Å². The van der Waals surface area contributed by atoms with Gasteiger partial charge in [-0.1, -0.05) is 42.5 Å². The van der Waals surface area contributed by atoms with Crippen molar-refractivity contribution in [3.05, 3.63) is 83.6 Å². The van der Waals surface area contributed by atoms with Gasteiger partial charge in [0.25, 0.3) is 0 Å². The second-order valence-corrected chi connectivity index (χ2v) is 7.04. The summed E-state index contributed by atoms with van der Waals surface area (Å²) < 4.78 is 0. The van der Waals surface area contributed by atoms with Gasteiger partial charge >= 0.3 is 0 Å². The largest absolute Gasteiger partial charge is 0.396 e. The van der Waals surface area contributed by atoms with Crippen LogP contribution in [0.2, 0.25) is 0 Å². The lowest BCUT2D eigenvalue weighted by molar-refractivity contribution is 1.19. The molecule has 0 amide bonds. The molecule has 0 aliphatic carbocycles. The normalized spacial score (nSPS) is 11.4. The number of fused-ring (bicyclic) bond motifs is 1. The third-order valence-electron chi connectivity index (χ3n) is 5.03. The van der Waals surface area contributed by atoms with Gasteiger partial charge in [0.15, 0.2) is 0 Å². The highest BCUT2D eigenvalue weighted by Crippen LogP contribution is 2.34. The monoisotopic (exact) mass is 366 g/mol. The van der Waals surface area contributed by atoms with Crippen LogP contribution in [0.25, 0.3) is 22.0 Å². The summed E-state index contributed by atoms with van der Waals surface area (Å²) in [5, 5.41) is 10.9. The molecule has 2 N–H and O–H groups in total. The first-order valence-electron chi connectivity index (χ1n) is 9.27. The SMILES string of the molecule is Cc1cccc(C)c1-c1ccc(N=Nc2cc(C)c3ccccc3c2N)cn1. The van der Waals surface area contributed by atoms with Crippen LogP contribution in [0.15, 0.2) is 77.1 Å². The first kappa shape index (κ1) is 17.9. The van der Waals surface area contributed by atoms with Crippen LogP contribution in [-0.2, 0) is 0 Å². The highest BCUT2D eigenvalue weighted by atomic mass is 15.1. The van der Waals surface area contributed by atoms with Crippen LogP contribution in [-0.4, -0.2) is 4.98 Å². The minimum absolute atomic E-state index is 0.644. The molecule has 0 atom stereocenters. The molecule has 28 heavy (non-hydrogen) atoms. The molecule has 0 aliphatic heterocycles. The van der Waals surface area contributed by atoms with Crippen LogP contribution in [0.4, 0.5) is 17.1 Å². The number of nitrogens with two attached hydrogens (primary N) is 1. The lowest BCUT2D eigenvalue weighted by Gasteiger charge is -2.09. The molecule has 1 heterocycles. The average Bonchev–Trinajstić information content (AvgIpc) is 2.70. The Morgan fingerprint density at radius 2 is 1.46 bits per heavy atom. The maximum Gasteiger partial charge on any atom is 0.109 e. The van der Waals surface area contributed by atoms with Gasteiger partial charge in [-0.3, -0.25) is 4.98 Å². The highest BCUT2D eigenvalue weighted by Gasteiger charge is 2.08. The zero-order valence-electron chi connectivity index (χ0n) is 16.3. The zero-order valence-corrected chi connectivity index (χ0v) is 16.3. The second-order valence-electron chi connectivity index (χ2n) is 7.04. The minimum atomic E-state index is 0.644. The number of anilines is 1. The number of nitrogen functional groups attached to an aromatic ring is 1. The van der Waals surface area contributed by atoms with E-state index in [0.717, 1.165) is 22.0 Å². The van der Waals surface area contributed by atoms with E-state index in [-0.39, 0.29) is 0 Å². The lowest BCUT2D eigenvalue weighted by atomic mass is 10.00. The van der Waals surface area contributed by atoms with E-state index in [1.54, 1.807) is 6.20 Å². The predicted molar refractivity (Wildman–Crippen MR) is 116 cm³/mol. The molecule has 4 aromatic rings. The van der Waals surface area contributed by atoms with Crippen LogP contribution < -0.4 is 5.73 Å². The molecule has 0 bridgehead atoms. The number of azo groups is 1. The number of nitrogens with zero attached hydrogens (tertiary/aromatic N) is 3. The van der Waals surface area contributed by atoms with E-state index in [4.69, 9.17) is 5.73 Å². The van der Waals surface area contributed by atoms with Crippen molar-refractivity contribution in [2.75, 3.05) is 5.73 Å². The summed E-state index contributed by atoms with van der Waals surface area (Å²) in [7, 11) is 0. The van der Waals surface area contributed by atoms with Crippen LogP contribution >= 0.6 is 0 Å². The maximum atomic E-state index is 6.32. The third-order valence-corrected chi connectivity index (χ3v) is 5.03. The molecule has 0 radical (unpaired) electrons. The Morgan fingerprint density at radius 1 is 0.750 bits per heavy atom. The molecule has 0 spiro atoms. The molecular formula is C24H22N4. The molecular weight excluding hydrogens is 344 g/mol. The Labute approximate surface area is 164 Å². The van der Waals surface area contributed by atoms with E-state index in [1.165, 1.54) is 16.7 Å². The average molecular weight is 366 g/mol. The van der Waals surface area contributed by atoms with Crippen LogP contribution in [0.5, 0.6) is 0 Å². The quantitative estimate of drug-likeness (QED) is 0.319. The van der Waals surface area contributed by atoms with E-state index >= 15 is 0 Å². The number of rotatable bonds is 3. The van der Waals surface area contributed by atoms with E-state index in [1.807, 2.05) is 36.4 Å². The van der Waals surface area contributed by atoms with E-state index in [9.17, 15) is 0 Å². The summed E-state index contributed by atoms with van der Waals surface area (Å²) in [6.45, 7) is 6.26. The van der Waals surface area contributed by atoms with E-state index in [0.29, 0.717) is 17.1 Å². The van der Waals surface area contributed by atoms with Crippen molar-refractivity contribution in [3.63, 3.8) is 0 Å². The number of aromatic nitrogens is 1. The topological polar surface area (TPSA) is 63.6 Å². The first-order valence-corrected chi connectivity index (χ1v) is 9.27. The van der Waals surface area contributed by atoms with Crippen molar-refractivity contribution < 1.29 is 0 Å². The van der Waals surface area contributed by atoms with Gasteiger partial charge in [0.2, 0.25) is 0 Å². The van der Waals surface area contributed by atoms with Gasteiger partial charge in [-0.05, 0) is 61.0 Å². The Kier molecular flexibility index (Phi) is 4.62. The van der Waals surface area contributed by atoms with Crippen molar-refractivity contribution in [1.29, 1.82) is 0 Å². The molecule has 0 fully saturated rings. The number of benzene rings is 3. The maximum absolute atomic E-state index is 6.32. The molecule has 0 aliphatic rings. The summed E-state index contributed by atoms with van der Waals surface area (Å²) >= 11 is 0. The van der Waals surface area contributed by atoms with Gasteiger partial charge in [0, 0.05) is 10.9 Å². The number of pyridine rings is 1. The Morgan fingerprint density at radius 3 is 2.14 bits per heavy atom. The Hall–Kier alpha value is -3.53. The summed E-state index contributed by atoms with van der Waals surface area (Å²) in [5.74, 6) is 0. The van der Waals surface area contributed by atoms with E-state index < -0.39 is 0 Å². The fourth-order valence-corrected chi connectivity index (χ4v) is 3.57. The number of aryl methyl sites for hydroxylation is 3. The number of hydrogen-bond acceptors (Lipinski definition) is 4. The van der Waals surface area contributed by atoms with Crippen molar-refractivity contribution in [1.82, 2.24) is 4.98 Å². The van der Waals surface area contributed by atoms with Crippen molar-refractivity contribution in [3.8, 4) is 11.3 Å². The zero-order chi connectivity index (χ0) is 19.7. The molecule has 0 saturated heterocycles. The van der Waals surface area contributed by atoms with Crippen LogP contribution in [0.1, 0.15) is 16.7 Å². The van der Waals surface area contributed by atoms with Crippen LogP contribution in [0, 0.1) is 20.8 Å². The highest BCUT2D eigenvalue weighted by molar-refractivity contribution is 6.00. The van der Waals surface area contributed by atoms with Gasteiger partial charge in [-0.2, -0.15) is 0 Å². The first-order chi connectivity index (χ1) is 13.5. The van der Waals surface area contributed by atoms with Gasteiger partial charge in [0.1, 0.15) is 11.4 Å². The van der Waals surface area contributed by atoms with Crippen molar-refractivity contribution in [2.45, 2.75) is 20.8 Å². The molecule has 138 valence electrons. The van der Waals surface area contributed by atoms with Gasteiger partial charge in [-0.15, -0.1) is 10.2 Å². The molecule has 4 rings (SSSR count).